The first kappa shape index (κ1) is 28.6. The first-order valence-corrected chi connectivity index (χ1v) is 9.88. The fourth-order valence-electron chi connectivity index (χ4n) is 2.08. The summed E-state index contributed by atoms with van der Waals surface area (Å²) in [4.78, 5) is 0. The lowest BCUT2D eigenvalue weighted by atomic mass is 10.2. The Morgan fingerprint density at radius 1 is 1.07 bits per heavy atom. The standard InChI is InChI=1S/C16H15N3.C5H10.C3H6.C3H4/c1-4-10-15-17-18-16(13-11-8-7-9-12-13)19(15)14(5-2)6-3;1-3-5-4-2;2*1-3-2/h2,4,6-12H,1,3H3;3,5H,4H2,1-2H3;3H,1H2,2H3;1H,2H3/b10-4+,14-6+;5-3-;;. The minimum Gasteiger partial charge on any atom is -0.268 e. The van der Waals surface area contributed by atoms with Crippen LogP contribution in [0.15, 0.2) is 67.3 Å². The number of hydrogen-bond acceptors (Lipinski definition) is 2. The molecule has 0 bridgehead atoms. The van der Waals surface area contributed by atoms with Crippen LogP contribution in [0.4, 0.5) is 0 Å². The van der Waals surface area contributed by atoms with Crippen LogP contribution in [0.3, 0.4) is 0 Å². The van der Waals surface area contributed by atoms with Crippen molar-refractivity contribution in [3.05, 3.63) is 73.1 Å². The lowest BCUT2D eigenvalue weighted by Gasteiger charge is -2.07. The number of nitrogens with zero attached hydrogens (tertiary/aromatic N) is 3. The van der Waals surface area contributed by atoms with Gasteiger partial charge < -0.3 is 0 Å². The predicted molar refractivity (Wildman–Crippen MR) is 134 cm³/mol. The third-order valence-electron chi connectivity index (χ3n) is 3.17. The molecule has 0 saturated carbocycles. The topological polar surface area (TPSA) is 30.7 Å². The second kappa shape index (κ2) is 20.2. The number of allylic oxidation sites excluding steroid dienone is 6. The molecule has 0 aliphatic carbocycles. The van der Waals surface area contributed by atoms with Gasteiger partial charge in [0.2, 0.25) is 0 Å². The van der Waals surface area contributed by atoms with Crippen molar-refractivity contribution in [3.8, 4) is 36.1 Å². The minimum absolute atomic E-state index is 0.729. The van der Waals surface area contributed by atoms with E-state index in [0.717, 1.165) is 29.3 Å². The molecule has 1 aromatic carbocycles. The average molecular weight is 402 g/mol. The van der Waals surface area contributed by atoms with E-state index in [2.05, 4.69) is 54.1 Å². The fraction of sp³-hybridized carbons (Fsp3) is 0.259. The predicted octanol–water partition coefficient (Wildman–Crippen LogP) is 7.28. The van der Waals surface area contributed by atoms with E-state index in [1.807, 2.05) is 80.8 Å². The first-order valence-electron chi connectivity index (χ1n) is 9.88. The van der Waals surface area contributed by atoms with Crippen LogP contribution in [0.1, 0.15) is 53.8 Å². The summed E-state index contributed by atoms with van der Waals surface area (Å²) in [6.45, 7) is 14.9. The van der Waals surface area contributed by atoms with Crippen LogP contribution < -0.4 is 0 Å². The molecular formula is C27H35N3. The van der Waals surface area contributed by atoms with E-state index < -0.39 is 0 Å². The van der Waals surface area contributed by atoms with Crippen molar-refractivity contribution in [2.75, 3.05) is 0 Å². The van der Waals surface area contributed by atoms with E-state index in [0.29, 0.717) is 0 Å². The number of terminal acetylenes is 2. The van der Waals surface area contributed by atoms with Crippen molar-refractivity contribution < 1.29 is 0 Å². The monoisotopic (exact) mass is 401 g/mol. The Balaban J connectivity index is 0. The van der Waals surface area contributed by atoms with Gasteiger partial charge in [-0.05, 0) is 47.1 Å². The Morgan fingerprint density at radius 3 is 2.00 bits per heavy atom. The summed E-state index contributed by atoms with van der Waals surface area (Å²) in [5.41, 5.74) is 1.72. The lowest BCUT2D eigenvalue weighted by Crippen LogP contribution is -2.00. The Hall–Kier alpha value is -3.56. The Kier molecular flexibility index (Phi) is 19.3. The smallest absolute Gasteiger partial charge is 0.169 e. The molecule has 0 atom stereocenters. The second-order valence-electron chi connectivity index (χ2n) is 5.58. The Bertz CT molecular complexity index is 867. The molecular weight excluding hydrogens is 366 g/mol. The van der Waals surface area contributed by atoms with Crippen LogP contribution in [-0.2, 0) is 0 Å². The van der Waals surface area contributed by atoms with Crippen molar-refractivity contribution in [1.82, 2.24) is 14.8 Å². The van der Waals surface area contributed by atoms with Gasteiger partial charge in [0.15, 0.2) is 11.6 Å². The highest BCUT2D eigenvalue weighted by molar-refractivity contribution is 5.72. The molecule has 30 heavy (non-hydrogen) atoms. The van der Waals surface area contributed by atoms with E-state index >= 15 is 0 Å². The summed E-state index contributed by atoms with van der Waals surface area (Å²) >= 11 is 0. The molecule has 0 unspecified atom stereocenters. The highest BCUT2D eigenvalue weighted by Gasteiger charge is 2.13. The highest BCUT2D eigenvalue weighted by atomic mass is 15.3. The number of hydrogen-bond donors (Lipinski definition) is 0. The van der Waals surface area contributed by atoms with E-state index in [-0.39, 0.29) is 0 Å². The van der Waals surface area contributed by atoms with Crippen molar-refractivity contribution in [1.29, 1.82) is 0 Å². The molecule has 3 heteroatoms. The van der Waals surface area contributed by atoms with E-state index in [9.17, 15) is 0 Å². The van der Waals surface area contributed by atoms with Crippen LogP contribution in [0.2, 0.25) is 0 Å². The van der Waals surface area contributed by atoms with Crippen molar-refractivity contribution in [2.45, 2.75) is 48.0 Å². The Morgan fingerprint density at radius 2 is 1.63 bits per heavy atom. The van der Waals surface area contributed by atoms with E-state index in [4.69, 9.17) is 6.42 Å². The zero-order chi connectivity index (χ0) is 23.2. The maximum atomic E-state index is 5.57. The SMILES string of the molecule is C#C/C(=C\C)n1c(/C=C/C)nnc1-c1ccccc1.C#CC.C/C=C\CC.C=CC. The molecule has 0 amide bonds. The quantitative estimate of drug-likeness (QED) is 0.398. The minimum atomic E-state index is 0.729. The number of aromatic nitrogens is 3. The van der Waals surface area contributed by atoms with Gasteiger partial charge in [0.1, 0.15) is 0 Å². The maximum absolute atomic E-state index is 5.57. The molecule has 0 radical (unpaired) electrons. The number of rotatable bonds is 4. The van der Waals surface area contributed by atoms with Gasteiger partial charge in [0.25, 0.3) is 0 Å². The van der Waals surface area contributed by atoms with Crippen molar-refractivity contribution in [2.24, 2.45) is 0 Å². The largest absolute Gasteiger partial charge is 0.268 e. The molecule has 2 rings (SSSR count). The molecule has 0 N–H and O–H groups in total. The van der Waals surface area contributed by atoms with E-state index in [1.54, 1.807) is 13.0 Å². The third kappa shape index (κ3) is 11.3. The summed E-state index contributed by atoms with van der Waals surface area (Å²) in [7, 11) is 0. The molecule has 1 aromatic heterocycles. The van der Waals surface area contributed by atoms with Gasteiger partial charge in [-0.3, -0.25) is 4.57 Å². The van der Waals surface area contributed by atoms with Crippen molar-refractivity contribution in [3.63, 3.8) is 0 Å². The molecule has 1 heterocycles. The highest BCUT2D eigenvalue weighted by Crippen LogP contribution is 2.22. The van der Waals surface area contributed by atoms with Gasteiger partial charge in [-0.15, -0.1) is 35.5 Å². The van der Waals surface area contributed by atoms with Gasteiger partial charge in [-0.2, -0.15) is 0 Å². The van der Waals surface area contributed by atoms with Crippen LogP contribution in [0, 0.1) is 24.7 Å². The molecule has 0 spiro atoms. The molecule has 3 nitrogen and oxygen atoms in total. The molecule has 0 fully saturated rings. The van der Waals surface area contributed by atoms with Gasteiger partial charge in [0, 0.05) is 5.56 Å². The van der Waals surface area contributed by atoms with Crippen molar-refractivity contribution >= 4 is 11.8 Å². The molecule has 0 saturated heterocycles. The summed E-state index contributed by atoms with van der Waals surface area (Å²) in [6.07, 6.45) is 22.9. The molecule has 158 valence electrons. The normalized spacial score (nSPS) is 9.80. The van der Waals surface area contributed by atoms with Gasteiger partial charge in [-0.1, -0.05) is 73.6 Å². The molecule has 0 aliphatic heterocycles. The summed E-state index contributed by atoms with van der Waals surface area (Å²) < 4.78 is 1.88. The lowest BCUT2D eigenvalue weighted by molar-refractivity contribution is 1.07. The summed E-state index contributed by atoms with van der Waals surface area (Å²) in [5, 5.41) is 8.44. The second-order valence-corrected chi connectivity index (χ2v) is 5.58. The zero-order valence-corrected chi connectivity index (χ0v) is 19.3. The van der Waals surface area contributed by atoms with Gasteiger partial charge >= 0.3 is 0 Å². The van der Waals surface area contributed by atoms with Gasteiger partial charge in [-0.25, -0.2) is 0 Å². The average Bonchev–Trinajstić information content (AvgIpc) is 3.16. The van der Waals surface area contributed by atoms with Crippen LogP contribution in [0.5, 0.6) is 0 Å². The van der Waals surface area contributed by atoms with E-state index in [1.165, 1.54) is 0 Å². The van der Waals surface area contributed by atoms with Crippen LogP contribution in [0.25, 0.3) is 23.2 Å². The zero-order valence-electron chi connectivity index (χ0n) is 19.3. The molecule has 2 aromatic rings. The van der Waals surface area contributed by atoms with Crippen LogP contribution in [-0.4, -0.2) is 14.8 Å². The number of benzene rings is 1. The summed E-state index contributed by atoms with van der Waals surface area (Å²) in [5.74, 6) is 6.40. The third-order valence-corrected chi connectivity index (χ3v) is 3.17. The molecule has 0 aliphatic rings. The van der Waals surface area contributed by atoms with Gasteiger partial charge in [0.05, 0.1) is 5.70 Å². The van der Waals surface area contributed by atoms with Crippen LogP contribution >= 0.6 is 0 Å². The fourth-order valence-corrected chi connectivity index (χ4v) is 2.08. The Labute approximate surface area is 184 Å². The first-order chi connectivity index (χ1) is 14.6. The summed E-state index contributed by atoms with van der Waals surface area (Å²) in [6, 6.07) is 9.88. The maximum Gasteiger partial charge on any atom is 0.169 e.